The normalized spacial score (nSPS) is 18.3. The number of hydrogen-bond donors (Lipinski definition) is 2. The number of aromatic hydroxyl groups is 2. The highest BCUT2D eigenvalue weighted by molar-refractivity contribution is 5.91. The minimum Gasteiger partial charge on any atom is -0.504 e. The van der Waals surface area contributed by atoms with E-state index in [1.54, 1.807) is 0 Å². The van der Waals surface area contributed by atoms with E-state index >= 15 is 0 Å². The molecule has 0 heterocycles. The first-order valence-electron chi connectivity index (χ1n) is 9.57. The summed E-state index contributed by atoms with van der Waals surface area (Å²) in [5, 5.41) is 19.3. The lowest BCUT2D eigenvalue weighted by atomic mass is 9.94. The monoisotopic (exact) mass is 416 g/mol. The van der Waals surface area contributed by atoms with Crippen LogP contribution in [-0.2, 0) is 9.47 Å². The minimum absolute atomic E-state index is 0.0652. The third-order valence-corrected chi connectivity index (χ3v) is 4.96. The second-order valence-electron chi connectivity index (χ2n) is 6.99. The number of methoxy groups -OCH3 is 2. The van der Waals surface area contributed by atoms with Crippen LogP contribution < -0.4 is 9.47 Å². The van der Waals surface area contributed by atoms with Crippen molar-refractivity contribution in [2.24, 2.45) is 0 Å². The van der Waals surface area contributed by atoms with Crippen LogP contribution in [0.25, 0.3) is 0 Å². The zero-order valence-corrected chi connectivity index (χ0v) is 16.8. The first-order valence-corrected chi connectivity index (χ1v) is 9.57. The van der Waals surface area contributed by atoms with Crippen LogP contribution >= 0.6 is 0 Å². The summed E-state index contributed by atoms with van der Waals surface area (Å²) in [4.78, 5) is 24.9. The van der Waals surface area contributed by atoms with E-state index in [0.29, 0.717) is 19.3 Å². The largest absolute Gasteiger partial charge is 0.504 e. The molecule has 0 aliphatic heterocycles. The van der Waals surface area contributed by atoms with E-state index < -0.39 is 24.1 Å². The van der Waals surface area contributed by atoms with Gasteiger partial charge in [0.2, 0.25) is 0 Å². The highest BCUT2D eigenvalue weighted by Crippen LogP contribution is 2.30. The van der Waals surface area contributed by atoms with Crippen molar-refractivity contribution >= 4 is 11.9 Å². The van der Waals surface area contributed by atoms with Crippen molar-refractivity contribution in [1.29, 1.82) is 0 Å². The topological polar surface area (TPSA) is 112 Å². The van der Waals surface area contributed by atoms with E-state index in [9.17, 15) is 19.8 Å². The fourth-order valence-electron chi connectivity index (χ4n) is 3.36. The molecule has 1 saturated carbocycles. The van der Waals surface area contributed by atoms with Crippen LogP contribution in [0.4, 0.5) is 0 Å². The third kappa shape index (κ3) is 4.94. The standard InChI is InChI=1S/C22H24O8/c1-27-19-10-13(6-8-17(19)23)21(25)29-15-4-3-5-16(12-15)30-22(26)14-7-9-18(24)20(11-14)28-2/h6-11,15-16,23-24H,3-5,12H2,1-2H3/t15-,16-/m1/s1. The van der Waals surface area contributed by atoms with E-state index in [-0.39, 0.29) is 34.1 Å². The Labute approximate surface area is 173 Å². The van der Waals surface area contributed by atoms with Gasteiger partial charge in [-0.3, -0.25) is 0 Å². The molecule has 1 aliphatic carbocycles. The Kier molecular flexibility index (Phi) is 6.66. The van der Waals surface area contributed by atoms with Gasteiger partial charge in [-0.25, -0.2) is 9.59 Å². The predicted octanol–water partition coefficient (Wildman–Crippen LogP) is 3.44. The molecule has 0 unspecified atom stereocenters. The number of phenols is 2. The summed E-state index contributed by atoms with van der Waals surface area (Å²) < 4.78 is 21.2. The average Bonchev–Trinajstić information content (AvgIpc) is 2.74. The van der Waals surface area contributed by atoms with Crippen LogP contribution in [0.1, 0.15) is 46.4 Å². The number of rotatable bonds is 6. The summed E-state index contributed by atoms with van der Waals surface area (Å²) in [5.41, 5.74) is 0.528. The van der Waals surface area contributed by atoms with Gasteiger partial charge in [0, 0.05) is 6.42 Å². The molecule has 2 N–H and O–H groups in total. The zero-order chi connectivity index (χ0) is 21.7. The molecule has 2 aromatic carbocycles. The number of carbonyl (C=O) groups excluding carboxylic acids is 2. The molecule has 8 nitrogen and oxygen atoms in total. The Balaban J connectivity index is 1.60. The van der Waals surface area contributed by atoms with Gasteiger partial charge in [0.25, 0.3) is 0 Å². The number of ether oxygens (including phenoxy) is 4. The van der Waals surface area contributed by atoms with Gasteiger partial charge >= 0.3 is 11.9 Å². The van der Waals surface area contributed by atoms with Gasteiger partial charge in [-0.05, 0) is 55.7 Å². The van der Waals surface area contributed by atoms with Gasteiger partial charge < -0.3 is 29.2 Å². The van der Waals surface area contributed by atoms with E-state index in [2.05, 4.69) is 0 Å². The summed E-state index contributed by atoms with van der Waals surface area (Å²) in [6.45, 7) is 0. The van der Waals surface area contributed by atoms with E-state index in [4.69, 9.17) is 18.9 Å². The molecule has 30 heavy (non-hydrogen) atoms. The molecular formula is C22H24O8. The molecule has 0 spiro atoms. The van der Waals surface area contributed by atoms with Gasteiger partial charge in [-0.15, -0.1) is 0 Å². The predicted molar refractivity (Wildman–Crippen MR) is 106 cm³/mol. The van der Waals surface area contributed by atoms with Crippen LogP contribution in [0, 0.1) is 0 Å². The van der Waals surface area contributed by atoms with Gasteiger partial charge in [0.05, 0.1) is 25.3 Å². The van der Waals surface area contributed by atoms with Crippen molar-refractivity contribution in [3.8, 4) is 23.0 Å². The number of hydrogen-bond acceptors (Lipinski definition) is 8. The molecule has 0 amide bonds. The lowest BCUT2D eigenvalue weighted by Gasteiger charge is -2.28. The highest BCUT2D eigenvalue weighted by atomic mass is 16.6. The Morgan fingerprint density at radius 3 is 1.63 bits per heavy atom. The molecule has 2 aromatic rings. The lowest BCUT2D eigenvalue weighted by molar-refractivity contribution is -0.0177. The third-order valence-electron chi connectivity index (χ3n) is 4.96. The molecule has 160 valence electrons. The summed E-state index contributed by atoms with van der Waals surface area (Å²) >= 11 is 0. The molecule has 0 saturated heterocycles. The van der Waals surface area contributed by atoms with Crippen molar-refractivity contribution in [2.45, 2.75) is 37.9 Å². The zero-order valence-electron chi connectivity index (χ0n) is 16.8. The Morgan fingerprint density at radius 2 is 1.23 bits per heavy atom. The molecule has 3 rings (SSSR count). The van der Waals surface area contributed by atoms with Gasteiger partial charge in [0.1, 0.15) is 12.2 Å². The second-order valence-corrected chi connectivity index (χ2v) is 6.99. The minimum atomic E-state index is -0.534. The van der Waals surface area contributed by atoms with Crippen molar-refractivity contribution < 1.29 is 38.7 Å². The number of phenolic OH excluding ortho intramolecular Hbond substituents is 2. The number of esters is 2. The van der Waals surface area contributed by atoms with Crippen LogP contribution in [0.2, 0.25) is 0 Å². The number of benzene rings is 2. The molecule has 1 fully saturated rings. The molecular weight excluding hydrogens is 392 g/mol. The number of carbonyl (C=O) groups is 2. The van der Waals surface area contributed by atoms with Gasteiger partial charge in [0.15, 0.2) is 23.0 Å². The summed E-state index contributed by atoms with van der Waals surface area (Å²) in [7, 11) is 2.79. The lowest BCUT2D eigenvalue weighted by Crippen LogP contribution is -2.31. The maximum absolute atomic E-state index is 12.4. The van der Waals surface area contributed by atoms with E-state index in [1.807, 2.05) is 0 Å². The highest BCUT2D eigenvalue weighted by Gasteiger charge is 2.28. The SMILES string of the molecule is COc1cc(C(=O)O[C@@H]2CCC[C@@H](OC(=O)c3ccc(O)c(OC)c3)C2)ccc1O. The molecule has 0 aromatic heterocycles. The first kappa shape index (κ1) is 21.3. The van der Waals surface area contributed by atoms with Gasteiger partial charge in [-0.2, -0.15) is 0 Å². The van der Waals surface area contributed by atoms with Crippen LogP contribution in [-0.4, -0.2) is 48.6 Å². The average molecular weight is 416 g/mol. The molecule has 8 heteroatoms. The van der Waals surface area contributed by atoms with Crippen LogP contribution in [0.5, 0.6) is 23.0 Å². The Bertz CT molecular complexity index is 850. The maximum Gasteiger partial charge on any atom is 0.338 e. The second kappa shape index (κ2) is 9.39. The van der Waals surface area contributed by atoms with Crippen molar-refractivity contribution in [1.82, 2.24) is 0 Å². The summed E-state index contributed by atoms with van der Waals surface area (Å²) in [6, 6.07) is 8.48. The molecule has 0 bridgehead atoms. The fraction of sp³-hybridized carbons (Fsp3) is 0.364. The van der Waals surface area contributed by atoms with Crippen molar-refractivity contribution in [3.63, 3.8) is 0 Å². The van der Waals surface area contributed by atoms with E-state index in [1.165, 1.54) is 50.6 Å². The van der Waals surface area contributed by atoms with Crippen molar-refractivity contribution in [2.75, 3.05) is 14.2 Å². The summed E-state index contributed by atoms with van der Waals surface area (Å²) in [6.07, 6.45) is 1.69. The fourth-order valence-corrected chi connectivity index (χ4v) is 3.36. The van der Waals surface area contributed by atoms with Crippen LogP contribution in [0.3, 0.4) is 0 Å². The Morgan fingerprint density at radius 1 is 0.800 bits per heavy atom. The van der Waals surface area contributed by atoms with Crippen LogP contribution in [0.15, 0.2) is 36.4 Å². The van der Waals surface area contributed by atoms with Crippen molar-refractivity contribution in [3.05, 3.63) is 47.5 Å². The summed E-state index contributed by atoms with van der Waals surface area (Å²) in [5.74, 6) is -0.829. The Hall–Kier alpha value is -3.42. The van der Waals surface area contributed by atoms with E-state index in [0.717, 1.165) is 6.42 Å². The molecule has 0 radical (unpaired) electrons. The first-order chi connectivity index (χ1) is 14.4. The maximum atomic E-state index is 12.4. The smallest absolute Gasteiger partial charge is 0.338 e. The quantitative estimate of drug-likeness (QED) is 0.689. The van der Waals surface area contributed by atoms with Gasteiger partial charge in [-0.1, -0.05) is 0 Å². The molecule has 1 aliphatic rings. The molecule has 2 atom stereocenters.